The van der Waals surface area contributed by atoms with Gasteiger partial charge in [0.1, 0.15) is 24.0 Å². The summed E-state index contributed by atoms with van der Waals surface area (Å²) in [7, 11) is 0. The average molecular weight is 220 g/mol. The molecular formula is C11H13FN4. The number of fused-ring (bicyclic) bond motifs is 1. The Bertz CT molecular complexity index is 495. The summed E-state index contributed by atoms with van der Waals surface area (Å²) in [5, 5.41) is 0.969. The Morgan fingerprint density at radius 1 is 1.44 bits per heavy atom. The van der Waals surface area contributed by atoms with Crippen molar-refractivity contribution >= 4 is 16.9 Å². The summed E-state index contributed by atoms with van der Waals surface area (Å²) >= 11 is 0. The van der Waals surface area contributed by atoms with Gasteiger partial charge in [-0.1, -0.05) is 0 Å². The molecule has 1 aliphatic heterocycles. The molecule has 0 spiro atoms. The quantitative estimate of drug-likeness (QED) is 0.798. The van der Waals surface area contributed by atoms with E-state index in [1.807, 2.05) is 17.2 Å². The number of aromatic amines is 1. The van der Waals surface area contributed by atoms with Crippen LogP contribution >= 0.6 is 0 Å². The molecule has 1 saturated heterocycles. The van der Waals surface area contributed by atoms with E-state index in [0.29, 0.717) is 13.0 Å². The molecule has 1 N–H and O–H groups in total. The van der Waals surface area contributed by atoms with Crippen molar-refractivity contribution in [3.63, 3.8) is 0 Å². The molecule has 4 nitrogen and oxygen atoms in total. The summed E-state index contributed by atoms with van der Waals surface area (Å²) in [4.78, 5) is 13.4. The smallest absolute Gasteiger partial charge is 0.142 e. The van der Waals surface area contributed by atoms with Crippen LogP contribution in [0.25, 0.3) is 11.0 Å². The normalized spacial score (nSPS) is 21.6. The number of rotatable bonds is 1. The van der Waals surface area contributed by atoms with Gasteiger partial charge >= 0.3 is 0 Å². The highest BCUT2D eigenvalue weighted by Crippen LogP contribution is 2.25. The maximum Gasteiger partial charge on any atom is 0.142 e. The van der Waals surface area contributed by atoms with Crippen molar-refractivity contribution in [3.8, 4) is 0 Å². The Hall–Kier alpha value is -1.65. The van der Waals surface area contributed by atoms with E-state index >= 15 is 0 Å². The molecule has 3 rings (SSSR count). The molecule has 1 fully saturated rings. The van der Waals surface area contributed by atoms with Crippen LogP contribution in [-0.2, 0) is 0 Å². The predicted octanol–water partition coefficient (Wildman–Crippen LogP) is 1.90. The van der Waals surface area contributed by atoms with Crippen LogP contribution in [-0.4, -0.2) is 34.2 Å². The van der Waals surface area contributed by atoms with Crippen LogP contribution in [0.4, 0.5) is 10.2 Å². The molecule has 0 aliphatic carbocycles. The van der Waals surface area contributed by atoms with E-state index in [4.69, 9.17) is 0 Å². The van der Waals surface area contributed by atoms with Gasteiger partial charge in [0.05, 0.1) is 11.9 Å². The minimum absolute atomic E-state index is 0.442. The molecule has 0 saturated carbocycles. The van der Waals surface area contributed by atoms with E-state index in [0.717, 1.165) is 29.8 Å². The number of halogens is 1. The molecule has 1 aliphatic rings. The lowest BCUT2D eigenvalue weighted by Crippen LogP contribution is -2.37. The zero-order valence-electron chi connectivity index (χ0n) is 8.86. The van der Waals surface area contributed by atoms with Crippen molar-refractivity contribution < 1.29 is 4.39 Å². The van der Waals surface area contributed by atoms with Crippen LogP contribution in [0.2, 0.25) is 0 Å². The Labute approximate surface area is 92.5 Å². The van der Waals surface area contributed by atoms with Crippen LogP contribution < -0.4 is 4.90 Å². The van der Waals surface area contributed by atoms with Gasteiger partial charge in [0, 0.05) is 12.7 Å². The highest BCUT2D eigenvalue weighted by Gasteiger charge is 2.21. The molecule has 0 bridgehead atoms. The lowest BCUT2D eigenvalue weighted by molar-refractivity contribution is 0.286. The summed E-state index contributed by atoms with van der Waals surface area (Å²) in [6.45, 7) is 1.31. The summed E-state index contributed by atoms with van der Waals surface area (Å²) in [6.07, 6.45) is 4.17. The molecule has 3 heterocycles. The van der Waals surface area contributed by atoms with Gasteiger partial charge in [0.15, 0.2) is 0 Å². The SMILES string of the molecule is F[C@@H]1CCCN(c2ncnc3[nH]ccc23)C1. The van der Waals surface area contributed by atoms with Crippen molar-refractivity contribution in [1.82, 2.24) is 15.0 Å². The molecule has 0 amide bonds. The third-order valence-corrected chi connectivity index (χ3v) is 3.00. The molecule has 0 radical (unpaired) electrons. The van der Waals surface area contributed by atoms with Gasteiger partial charge in [-0.2, -0.15) is 0 Å². The second-order valence-electron chi connectivity index (χ2n) is 4.12. The second-order valence-corrected chi connectivity index (χ2v) is 4.12. The highest BCUT2D eigenvalue weighted by molar-refractivity contribution is 5.87. The number of anilines is 1. The van der Waals surface area contributed by atoms with E-state index < -0.39 is 6.17 Å². The molecule has 0 aromatic carbocycles. The third kappa shape index (κ3) is 1.52. The maximum absolute atomic E-state index is 13.4. The zero-order valence-corrected chi connectivity index (χ0v) is 8.86. The Kier molecular flexibility index (Phi) is 2.23. The standard InChI is InChI=1S/C11H13FN4/c12-8-2-1-5-16(6-8)11-9-3-4-13-10(9)14-7-15-11/h3-4,7-8H,1-2,5-6H2,(H,13,14,15)/t8-/m1/s1. The second kappa shape index (κ2) is 3.73. The summed E-state index contributed by atoms with van der Waals surface area (Å²) in [6, 6.07) is 1.94. The van der Waals surface area contributed by atoms with Gasteiger partial charge in [0.25, 0.3) is 0 Å². The minimum atomic E-state index is -0.738. The number of alkyl halides is 1. The number of hydrogen-bond acceptors (Lipinski definition) is 3. The van der Waals surface area contributed by atoms with Gasteiger partial charge in [-0.05, 0) is 18.9 Å². The van der Waals surface area contributed by atoms with E-state index in [1.54, 1.807) is 0 Å². The van der Waals surface area contributed by atoms with Crippen LogP contribution in [0.15, 0.2) is 18.6 Å². The topological polar surface area (TPSA) is 44.8 Å². The monoisotopic (exact) mass is 220 g/mol. The van der Waals surface area contributed by atoms with Crippen molar-refractivity contribution in [2.45, 2.75) is 19.0 Å². The molecule has 84 valence electrons. The Morgan fingerprint density at radius 2 is 2.38 bits per heavy atom. The maximum atomic E-state index is 13.4. The van der Waals surface area contributed by atoms with E-state index in [2.05, 4.69) is 15.0 Å². The Balaban J connectivity index is 2.01. The van der Waals surface area contributed by atoms with Crippen LogP contribution in [0.5, 0.6) is 0 Å². The van der Waals surface area contributed by atoms with Crippen LogP contribution in [0.1, 0.15) is 12.8 Å². The van der Waals surface area contributed by atoms with Crippen LogP contribution in [0, 0.1) is 0 Å². The first-order valence-corrected chi connectivity index (χ1v) is 5.52. The van der Waals surface area contributed by atoms with Gasteiger partial charge in [-0.15, -0.1) is 0 Å². The fraction of sp³-hybridized carbons (Fsp3) is 0.455. The van der Waals surface area contributed by atoms with Crippen molar-refractivity contribution in [2.24, 2.45) is 0 Å². The minimum Gasteiger partial charge on any atom is -0.353 e. The van der Waals surface area contributed by atoms with Gasteiger partial charge < -0.3 is 9.88 Å². The molecule has 2 aromatic heterocycles. The zero-order chi connectivity index (χ0) is 11.0. The number of H-pyrrole nitrogens is 1. The van der Waals surface area contributed by atoms with Crippen molar-refractivity contribution in [2.75, 3.05) is 18.0 Å². The fourth-order valence-corrected chi connectivity index (χ4v) is 2.23. The first-order valence-electron chi connectivity index (χ1n) is 5.52. The number of piperidine rings is 1. The van der Waals surface area contributed by atoms with Crippen LogP contribution in [0.3, 0.4) is 0 Å². The predicted molar refractivity (Wildman–Crippen MR) is 60.2 cm³/mol. The first kappa shape index (κ1) is 9.57. The number of nitrogens with one attached hydrogen (secondary N) is 1. The Morgan fingerprint density at radius 3 is 3.25 bits per heavy atom. The van der Waals surface area contributed by atoms with Gasteiger partial charge in [-0.3, -0.25) is 0 Å². The molecule has 2 aromatic rings. The highest BCUT2D eigenvalue weighted by atomic mass is 19.1. The van der Waals surface area contributed by atoms with Gasteiger partial charge in [0.2, 0.25) is 0 Å². The van der Waals surface area contributed by atoms with E-state index in [1.165, 1.54) is 6.33 Å². The molecule has 16 heavy (non-hydrogen) atoms. The molecule has 0 unspecified atom stereocenters. The molecule has 5 heteroatoms. The molecular weight excluding hydrogens is 207 g/mol. The lowest BCUT2D eigenvalue weighted by Gasteiger charge is -2.30. The first-order chi connectivity index (χ1) is 7.84. The van der Waals surface area contributed by atoms with Crippen molar-refractivity contribution in [3.05, 3.63) is 18.6 Å². The molecule has 1 atom stereocenters. The van der Waals surface area contributed by atoms with E-state index in [-0.39, 0.29) is 0 Å². The van der Waals surface area contributed by atoms with E-state index in [9.17, 15) is 4.39 Å². The van der Waals surface area contributed by atoms with Gasteiger partial charge in [-0.25, -0.2) is 14.4 Å². The summed E-state index contributed by atoms with van der Waals surface area (Å²) in [5.74, 6) is 0.841. The number of aromatic nitrogens is 3. The summed E-state index contributed by atoms with van der Waals surface area (Å²) in [5.41, 5.74) is 0.811. The lowest BCUT2D eigenvalue weighted by atomic mass is 10.1. The number of hydrogen-bond donors (Lipinski definition) is 1. The third-order valence-electron chi connectivity index (χ3n) is 3.00. The summed E-state index contributed by atoms with van der Waals surface area (Å²) < 4.78 is 13.4. The van der Waals surface area contributed by atoms with Crippen molar-refractivity contribution in [1.29, 1.82) is 0 Å². The average Bonchev–Trinajstić information content (AvgIpc) is 2.76. The number of nitrogens with zero attached hydrogens (tertiary/aromatic N) is 3. The largest absolute Gasteiger partial charge is 0.353 e. The fourth-order valence-electron chi connectivity index (χ4n) is 2.23.